The number of rotatable bonds is 4. The highest BCUT2D eigenvalue weighted by atomic mass is 35.5. The standard InChI is InChI=1S/C11H12Cl2O/c1-2-3-11(14)6-8-4-9(12)7-10(13)5-8/h2,4-5,7,11,14H,1,3,6H2. The molecule has 3 heteroatoms. The van der Waals surface area contributed by atoms with Gasteiger partial charge in [0.2, 0.25) is 0 Å². The smallest absolute Gasteiger partial charge is 0.0614 e. The molecule has 0 aliphatic rings. The van der Waals surface area contributed by atoms with Crippen LogP contribution in [-0.2, 0) is 6.42 Å². The first-order valence-electron chi connectivity index (χ1n) is 4.35. The predicted molar refractivity (Wildman–Crippen MR) is 61.0 cm³/mol. The fourth-order valence-electron chi connectivity index (χ4n) is 1.28. The Hall–Kier alpha value is -0.500. The van der Waals surface area contributed by atoms with Gasteiger partial charge in [0.1, 0.15) is 0 Å². The first-order valence-corrected chi connectivity index (χ1v) is 5.11. The molecule has 1 aromatic rings. The molecule has 0 saturated heterocycles. The van der Waals surface area contributed by atoms with E-state index in [0.29, 0.717) is 22.9 Å². The van der Waals surface area contributed by atoms with Crippen molar-refractivity contribution < 1.29 is 5.11 Å². The fourth-order valence-corrected chi connectivity index (χ4v) is 1.85. The van der Waals surface area contributed by atoms with Gasteiger partial charge in [0, 0.05) is 10.0 Å². The van der Waals surface area contributed by atoms with E-state index in [1.807, 2.05) is 0 Å². The van der Waals surface area contributed by atoms with Gasteiger partial charge in [0.15, 0.2) is 0 Å². The maximum atomic E-state index is 9.53. The summed E-state index contributed by atoms with van der Waals surface area (Å²) in [7, 11) is 0. The molecule has 1 nitrogen and oxygen atoms in total. The second-order valence-corrected chi connectivity index (χ2v) is 4.03. The lowest BCUT2D eigenvalue weighted by atomic mass is 10.1. The van der Waals surface area contributed by atoms with Crippen molar-refractivity contribution in [2.75, 3.05) is 0 Å². The van der Waals surface area contributed by atoms with E-state index in [4.69, 9.17) is 23.2 Å². The Kier molecular flexibility index (Phi) is 4.46. The highest BCUT2D eigenvalue weighted by molar-refractivity contribution is 6.34. The summed E-state index contributed by atoms with van der Waals surface area (Å²) in [4.78, 5) is 0. The Balaban J connectivity index is 2.71. The van der Waals surface area contributed by atoms with Gasteiger partial charge in [-0.05, 0) is 36.6 Å². The molecule has 0 heterocycles. The van der Waals surface area contributed by atoms with E-state index in [9.17, 15) is 5.11 Å². The third-order valence-electron chi connectivity index (χ3n) is 1.83. The Bertz CT molecular complexity index is 303. The lowest BCUT2D eigenvalue weighted by Crippen LogP contribution is -2.08. The Morgan fingerprint density at radius 3 is 2.36 bits per heavy atom. The summed E-state index contributed by atoms with van der Waals surface area (Å²) < 4.78 is 0. The van der Waals surface area contributed by atoms with Crippen molar-refractivity contribution in [1.29, 1.82) is 0 Å². The Morgan fingerprint density at radius 1 is 1.29 bits per heavy atom. The van der Waals surface area contributed by atoms with Gasteiger partial charge in [-0.1, -0.05) is 29.3 Å². The molecule has 0 aromatic heterocycles. The zero-order valence-corrected chi connectivity index (χ0v) is 9.22. The summed E-state index contributed by atoms with van der Waals surface area (Å²) in [5, 5.41) is 10.7. The van der Waals surface area contributed by atoms with Crippen molar-refractivity contribution in [3.63, 3.8) is 0 Å². The van der Waals surface area contributed by atoms with Crippen LogP contribution in [0.15, 0.2) is 30.9 Å². The number of aliphatic hydroxyl groups excluding tert-OH is 1. The average Bonchev–Trinajstić information content (AvgIpc) is 2.01. The summed E-state index contributed by atoms with van der Waals surface area (Å²) >= 11 is 11.6. The molecule has 1 rings (SSSR count). The molecular formula is C11H12Cl2O. The molecule has 1 aromatic carbocycles. The van der Waals surface area contributed by atoms with Crippen molar-refractivity contribution >= 4 is 23.2 Å². The van der Waals surface area contributed by atoms with Crippen LogP contribution in [0.1, 0.15) is 12.0 Å². The summed E-state index contributed by atoms with van der Waals surface area (Å²) in [6.45, 7) is 3.57. The Labute approximate surface area is 94.0 Å². The summed E-state index contributed by atoms with van der Waals surface area (Å²) in [6.07, 6.45) is 2.40. The van der Waals surface area contributed by atoms with Crippen LogP contribution < -0.4 is 0 Å². The van der Waals surface area contributed by atoms with Crippen LogP contribution in [0.4, 0.5) is 0 Å². The second kappa shape index (κ2) is 5.40. The van der Waals surface area contributed by atoms with Crippen LogP contribution in [0, 0.1) is 0 Å². The van der Waals surface area contributed by atoms with Crippen LogP contribution in [-0.4, -0.2) is 11.2 Å². The maximum Gasteiger partial charge on any atom is 0.0614 e. The molecule has 1 N–H and O–H groups in total. The largest absolute Gasteiger partial charge is 0.392 e. The van der Waals surface area contributed by atoms with Crippen molar-refractivity contribution in [1.82, 2.24) is 0 Å². The van der Waals surface area contributed by atoms with Gasteiger partial charge in [-0.3, -0.25) is 0 Å². The topological polar surface area (TPSA) is 20.2 Å². The number of aliphatic hydroxyl groups is 1. The van der Waals surface area contributed by atoms with Crippen LogP contribution in [0.5, 0.6) is 0 Å². The zero-order valence-electron chi connectivity index (χ0n) is 7.71. The maximum absolute atomic E-state index is 9.53. The lowest BCUT2D eigenvalue weighted by Gasteiger charge is -2.08. The number of hydrogen-bond acceptors (Lipinski definition) is 1. The number of hydrogen-bond donors (Lipinski definition) is 1. The van der Waals surface area contributed by atoms with Crippen LogP contribution in [0.25, 0.3) is 0 Å². The van der Waals surface area contributed by atoms with E-state index in [-0.39, 0.29) is 0 Å². The van der Waals surface area contributed by atoms with Gasteiger partial charge in [-0.2, -0.15) is 0 Å². The molecule has 1 unspecified atom stereocenters. The first kappa shape index (κ1) is 11.6. The minimum absolute atomic E-state index is 0.415. The van der Waals surface area contributed by atoms with E-state index in [0.717, 1.165) is 5.56 Å². The molecule has 0 aliphatic heterocycles. The third kappa shape index (κ3) is 3.70. The van der Waals surface area contributed by atoms with Crippen molar-refractivity contribution in [2.45, 2.75) is 18.9 Å². The third-order valence-corrected chi connectivity index (χ3v) is 2.27. The quantitative estimate of drug-likeness (QED) is 0.786. The van der Waals surface area contributed by atoms with Crippen molar-refractivity contribution in [2.24, 2.45) is 0 Å². The van der Waals surface area contributed by atoms with E-state index in [2.05, 4.69) is 6.58 Å². The Morgan fingerprint density at radius 2 is 1.86 bits per heavy atom. The van der Waals surface area contributed by atoms with E-state index in [1.165, 1.54) is 0 Å². The summed E-state index contributed by atoms with van der Waals surface area (Å²) in [5.41, 5.74) is 0.942. The molecule has 0 bridgehead atoms. The SMILES string of the molecule is C=CCC(O)Cc1cc(Cl)cc(Cl)c1. The van der Waals surface area contributed by atoms with Crippen molar-refractivity contribution in [3.05, 3.63) is 46.5 Å². The van der Waals surface area contributed by atoms with E-state index >= 15 is 0 Å². The number of halogens is 2. The summed E-state index contributed by atoms with van der Waals surface area (Å²) in [5.74, 6) is 0. The van der Waals surface area contributed by atoms with E-state index in [1.54, 1.807) is 24.3 Å². The van der Waals surface area contributed by atoms with Gasteiger partial charge in [0.25, 0.3) is 0 Å². The molecule has 76 valence electrons. The fraction of sp³-hybridized carbons (Fsp3) is 0.273. The van der Waals surface area contributed by atoms with Crippen LogP contribution in [0.3, 0.4) is 0 Å². The normalized spacial score (nSPS) is 12.5. The monoisotopic (exact) mass is 230 g/mol. The minimum atomic E-state index is -0.415. The zero-order chi connectivity index (χ0) is 10.6. The molecule has 1 atom stereocenters. The predicted octanol–water partition coefficient (Wildman–Crippen LogP) is 3.47. The van der Waals surface area contributed by atoms with Crippen molar-refractivity contribution in [3.8, 4) is 0 Å². The molecule has 0 amide bonds. The first-order chi connectivity index (χ1) is 6.61. The molecule has 14 heavy (non-hydrogen) atoms. The molecule has 0 spiro atoms. The van der Waals surface area contributed by atoms with Crippen LogP contribution in [0.2, 0.25) is 10.0 Å². The van der Waals surface area contributed by atoms with E-state index < -0.39 is 6.10 Å². The molecule has 0 aliphatic carbocycles. The molecule has 0 fully saturated rings. The second-order valence-electron chi connectivity index (χ2n) is 3.16. The molecular weight excluding hydrogens is 219 g/mol. The average molecular weight is 231 g/mol. The summed E-state index contributed by atoms with van der Waals surface area (Å²) in [6, 6.07) is 5.28. The van der Waals surface area contributed by atoms with Gasteiger partial charge in [-0.25, -0.2) is 0 Å². The highest BCUT2D eigenvalue weighted by Gasteiger charge is 2.05. The number of benzene rings is 1. The van der Waals surface area contributed by atoms with Gasteiger partial charge >= 0.3 is 0 Å². The van der Waals surface area contributed by atoms with Gasteiger partial charge in [-0.15, -0.1) is 6.58 Å². The lowest BCUT2D eigenvalue weighted by molar-refractivity contribution is 0.178. The molecule has 0 radical (unpaired) electrons. The highest BCUT2D eigenvalue weighted by Crippen LogP contribution is 2.20. The molecule has 0 saturated carbocycles. The van der Waals surface area contributed by atoms with Gasteiger partial charge < -0.3 is 5.11 Å². The van der Waals surface area contributed by atoms with Gasteiger partial charge in [0.05, 0.1) is 6.10 Å². The minimum Gasteiger partial charge on any atom is -0.392 e. The van der Waals surface area contributed by atoms with Crippen LogP contribution >= 0.6 is 23.2 Å².